The van der Waals surface area contributed by atoms with Gasteiger partial charge in [-0.1, -0.05) is 56.2 Å². The zero-order valence-electron chi connectivity index (χ0n) is 13.7. The summed E-state index contributed by atoms with van der Waals surface area (Å²) in [5.41, 5.74) is 1.10. The number of nitrogens with zero attached hydrogens (tertiary/aromatic N) is 1. The molecule has 4 heteroatoms. The predicted octanol–water partition coefficient (Wildman–Crippen LogP) is 3.96. The highest BCUT2D eigenvalue weighted by atomic mass is 16.6. The SMILES string of the molecule is C=CC[C@H](CCCC)C(=O)N1C(=O)OC[C@H]1Cc1ccccc1. The first-order valence-electron chi connectivity index (χ1n) is 8.32. The summed E-state index contributed by atoms with van der Waals surface area (Å²) in [5, 5.41) is 0. The third kappa shape index (κ3) is 4.44. The first-order chi connectivity index (χ1) is 11.2. The molecule has 124 valence electrons. The second kappa shape index (κ2) is 8.51. The first kappa shape index (κ1) is 17.3. The van der Waals surface area contributed by atoms with E-state index in [0.717, 1.165) is 24.8 Å². The Balaban J connectivity index is 2.10. The fraction of sp³-hybridized carbons (Fsp3) is 0.474. The van der Waals surface area contributed by atoms with Gasteiger partial charge in [-0.15, -0.1) is 6.58 Å². The molecule has 0 N–H and O–H groups in total. The molecule has 1 aliphatic heterocycles. The van der Waals surface area contributed by atoms with Gasteiger partial charge in [0, 0.05) is 5.92 Å². The van der Waals surface area contributed by atoms with Gasteiger partial charge < -0.3 is 4.74 Å². The molecule has 23 heavy (non-hydrogen) atoms. The Morgan fingerprint density at radius 2 is 2.17 bits per heavy atom. The second-order valence-corrected chi connectivity index (χ2v) is 5.99. The molecule has 2 atom stereocenters. The van der Waals surface area contributed by atoms with Crippen molar-refractivity contribution in [3.05, 3.63) is 48.6 Å². The van der Waals surface area contributed by atoms with Crippen molar-refractivity contribution < 1.29 is 14.3 Å². The smallest absolute Gasteiger partial charge is 0.416 e. The molecule has 0 spiro atoms. The molecule has 2 amide bonds. The first-order valence-corrected chi connectivity index (χ1v) is 8.32. The van der Waals surface area contributed by atoms with Crippen LogP contribution in [0, 0.1) is 5.92 Å². The highest BCUT2D eigenvalue weighted by molar-refractivity contribution is 5.94. The van der Waals surface area contributed by atoms with Gasteiger partial charge in [0.15, 0.2) is 0 Å². The van der Waals surface area contributed by atoms with E-state index in [1.165, 1.54) is 4.90 Å². The van der Waals surface area contributed by atoms with Crippen molar-refractivity contribution in [1.82, 2.24) is 4.90 Å². The molecule has 2 rings (SSSR count). The molecule has 1 fully saturated rings. The van der Waals surface area contributed by atoms with Crippen LogP contribution in [0.4, 0.5) is 4.79 Å². The number of unbranched alkanes of at least 4 members (excludes halogenated alkanes) is 1. The molecule has 1 aromatic rings. The molecule has 0 saturated carbocycles. The van der Waals surface area contributed by atoms with Crippen LogP contribution in [-0.4, -0.2) is 29.5 Å². The van der Waals surface area contributed by atoms with Crippen LogP contribution in [0.1, 0.15) is 38.2 Å². The quantitative estimate of drug-likeness (QED) is 0.682. The molecule has 0 aliphatic carbocycles. The van der Waals surface area contributed by atoms with Crippen molar-refractivity contribution >= 4 is 12.0 Å². The molecular formula is C19H25NO3. The van der Waals surface area contributed by atoms with Gasteiger partial charge in [-0.2, -0.15) is 0 Å². The number of amides is 2. The number of rotatable bonds is 8. The van der Waals surface area contributed by atoms with E-state index in [0.29, 0.717) is 12.8 Å². The van der Waals surface area contributed by atoms with Crippen LogP contribution >= 0.6 is 0 Å². The number of carbonyl (C=O) groups excluding carboxylic acids is 2. The van der Waals surface area contributed by atoms with Crippen LogP contribution in [0.25, 0.3) is 0 Å². The van der Waals surface area contributed by atoms with E-state index in [2.05, 4.69) is 13.5 Å². The standard InChI is InChI=1S/C19H25NO3/c1-3-5-12-16(9-4-2)18(21)20-17(14-23-19(20)22)13-15-10-7-6-8-11-15/h4,6-8,10-11,16-17H,2-3,5,9,12-14H2,1H3/t16-,17-/m1/s1. The average molecular weight is 315 g/mol. The van der Waals surface area contributed by atoms with E-state index in [1.807, 2.05) is 30.3 Å². The lowest BCUT2D eigenvalue weighted by molar-refractivity contribution is -0.133. The van der Waals surface area contributed by atoms with E-state index < -0.39 is 6.09 Å². The highest BCUT2D eigenvalue weighted by Crippen LogP contribution is 2.24. The zero-order chi connectivity index (χ0) is 16.7. The summed E-state index contributed by atoms with van der Waals surface area (Å²) in [4.78, 5) is 26.2. The molecule has 1 aliphatic rings. The molecule has 0 radical (unpaired) electrons. The van der Waals surface area contributed by atoms with E-state index in [1.54, 1.807) is 6.08 Å². The summed E-state index contributed by atoms with van der Waals surface area (Å²) in [5.74, 6) is -0.307. The number of carbonyl (C=O) groups is 2. The van der Waals surface area contributed by atoms with Gasteiger partial charge in [0.25, 0.3) is 0 Å². The van der Waals surface area contributed by atoms with Gasteiger partial charge in [0.1, 0.15) is 6.61 Å². The van der Waals surface area contributed by atoms with Crippen molar-refractivity contribution in [2.45, 2.75) is 45.1 Å². The molecule has 1 aromatic carbocycles. The lowest BCUT2D eigenvalue weighted by Crippen LogP contribution is -2.43. The minimum atomic E-state index is -0.513. The van der Waals surface area contributed by atoms with Gasteiger partial charge in [0.05, 0.1) is 6.04 Å². The Morgan fingerprint density at radius 3 is 2.83 bits per heavy atom. The maximum absolute atomic E-state index is 12.8. The lowest BCUT2D eigenvalue weighted by Gasteiger charge is -2.24. The number of allylic oxidation sites excluding steroid dienone is 1. The van der Waals surface area contributed by atoms with Crippen LogP contribution in [0.5, 0.6) is 0 Å². The Labute approximate surface area is 138 Å². The van der Waals surface area contributed by atoms with Crippen LogP contribution in [0.3, 0.4) is 0 Å². The van der Waals surface area contributed by atoms with Crippen molar-refractivity contribution in [2.24, 2.45) is 5.92 Å². The molecule has 4 nitrogen and oxygen atoms in total. The predicted molar refractivity (Wildman–Crippen MR) is 90.0 cm³/mol. The summed E-state index contributed by atoms with van der Waals surface area (Å²) in [6.07, 6.45) is 5.25. The van der Waals surface area contributed by atoms with Crippen LogP contribution in [0.2, 0.25) is 0 Å². The second-order valence-electron chi connectivity index (χ2n) is 5.99. The third-order valence-electron chi connectivity index (χ3n) is 4.22. The number of benzene rings is 1. The minimum absolute atomic E-state index is 0.123. The Bertz CT molecular complexity index is 541. The van der Waals surface area contributed by atoms with E-state index >= 15 is 0 Å². The third-order valence-corrected chi connectivity index (χ3v) is 4.22. The largest absolute Gasteiger partial charge is 0.447 e. The summed E-state index contributed by atoms with van der Waals surface area (Å²) in [7, 11) is 0. The van der Waals surface area contributed by atoms with Crippen LogP contribution in [0.15, 0.2) is 43.0 Å². The Kier molecular flexibility index (Phi) is 6.39. The molecule has 1 heterocycles. The number of imide groups is 1. The summed E-state index contributed by atoms with van der Waals surface area (Å²) in [6, 6.07) is 9.66. The number of hydrogen-bond donors (Lipinski definition) is 0. The molecule has 1 saturated heterocycles. The average Bonchev–Trinajstić information content (AvgIpc) is 2.92. The minimum Gasteiger partial charge on any atom is -0.447 e. The van der Waals surface area contributed by atoms with Crippen molar-refractivity contribution in [3.8, 4) is 0 Å². The van der Waals surface area contributed by atoms with Crippen molar-refractivity contribution in [3.63, 3.8) is 0 Å². The molecule has 0 bridgehead atoms. The van der Waals surface area contributed by atoms with Gasteiger partial charge in [-0.05, 0) is 24.8 Å². The Morgan fingerprint density at radius 1 is 1.43 bits per heavy atom. The van der Waals surface area contributed by atoms with Crippen LogP contribution in [-0.2, 0) is 16.0 Å². The molecule has 0 aromatic heterocycles. The van der Waals surface area contributed by atoms with E-state index in [4.69, 9.17) is 4.74 Å². The number of ether oxygens (including phenoxy) is 1. The van der Waals surface area contributed by atoms with Gasteiger partial charge in [-0.25, -0.2) is 9.69 Å². The zero-order valence-corrected chi connectivity index (χ0v) is 13.7. The van der Waals surface area contributed by atoms with Crippen molar-refractivity contribution in [2.75, 3.05) is 6.61 Å². The lowest BCUT2D eigenvalue weighted by atomic mass is 9.95. The maximum atomic E-state index is 12.8. The van der Waals surface area contributed by atoms with E-state index in [9.17, 15) is 9.59 Å². The normalized spacial score (nSPS) is 18.6. The summed E-state index contributed by atoms with van der Waals surface area (Å²) in [6.45, 7) is 6.10. The van der Waals surface area contributed by atoms with Gasteiger partial charge in [0.2, 0.25) is 5.91 Å². The number of cyclic esters (lactones) is 1. The number of hydrogen-bond acceptors (Lipinski definition) is 3. The monoisotopic (exact) mass is 315 g/mol. The topological polar surface area (TPSA) is 46.6 Å². The Hall–Kier alpha value is -2.10. The van der Waals surface area contributed by atoms with Gasteiger partial charge >= 0.3 is 6.09 Å². The van der Waals surface area contributed by atoms with Crippen LogP contribution < -0.4 is 0 Å². The fourth-order valence-electron chi connectivity index (χ4n) is 2.96. The summed E-state index contributed by atoms with van der Waals surface area (Å²) < 4.78 is 5.14. The summed E-state index contributed by atoms with van der Waals surface area (Å²) >= 11 is 0. The van der Waals surface area contributed by atoms with Gasteiger partial charge in [-0.3, -0.25) is 4.79 Å². The maximum Gasteiger partial charge on any atom is 0.416 e. The van der Waals surface area contributed by atoms with Crippen molar-refractivity contribution in [1.29, 1.82) is 0 Å². The highest BCUT2D eigenvalue weighted by Gasteiger charge is 2.40. The molecular weight excluding hydrogens is 290 g/mol. The fourth-order valence-corrected chi connectivity index (χ4v) is 2.96. The van der Waals surface area contributed by atoms with E-state index in [-0.39, 0.29) is 24.5 Å². The molecule has 0 unspecified atom stereocenters.